The van der Waals surface area contributed by atoms with Gasteiger partial charge < -0.3 is 23.7 Å². The Balaban J connectivity index is 1.38. The van der Waals surface area contributed by atoms with Crippen molar-refractivity contribution in [2.24, 2.45) is 0 Å². The average molecular weight is 407 g/mol. The number of halogens is 1. The van der Waals surface area contributed by atoms with Crippen molar-refractivity contribution in [2.45, 2.75) is 0 Å². The minimum Gasteiger partial charge on any atom is -0.480 e. The lowest BCUT2D eigenvalue weighted by atomic mass is 10.3. The molecular weight excluding hydrogens is 388 g/mol. The first-order chi connectivity index (χ1) is 13.5. The van der Waals surface area contributed by atoms with Gasteiger partial charge in [-0.25, -0.2) is 4.79 Å². The molecule has 1 aromatic heterocycles. The van der Waals surface area contributed by atoms with E-state index in [1.807, 2.05) is 0 Å². The van der Waals surface area contributed by atoms with Crippen molar-refractivity contribution in [3.8, 4) is 5.75 Å². The fraction of sp³-hybridized carbons (Fsp3) is 0.316. The Bertz CT molecular complexity index is 831. The van der Waals surface area contributed by atoms with E-state index in [-0.39, 0.29) is 30.8 Å². The molecule has 1 fully saturated rings. The molecule has 2 aromatic rings. The molecular formula is C19H19ClN2O6. The first kappa shape index (κ1) is 19.8. The van der Waals surface area contributed by atoms with E-state index >= 15 is 0 Å². The van der Waals surface area contributed by atoms with E-state index in [9.17, 15) is 14.4 Å². The van der Waals surface area contributed by atoms with Crippen molar-refractivity contribution >= 4 is 29.4 Å². The predicted octanol–water partition coefficient (Wildman–Crippen LogP) is 1.84. The maximum atomic E-state index is 12.2. The van der Waals surface area contributed by atoms with Gasteiger partial charge in [0.2, 0.25) is 0 Å². The van der Waals surface area contributed by atoms with Crippen molar-refractivity contribution in [3.63, 3.8) is 0 Å². The van der Waals surface area contributed by atoms with Crippen LogP contribution in [0.25, 0.3) is 0 Å². The van der Waals surface area contributed by atoms with Gasteiger partial charge in [-0.3, -0.25) is 9.59 Å². The molecule has 0 N–H and O–H groups in total. The van der Waals surface area contributed by atoms with Crippen molar-refractivity contribution in [1.29, 1.82) is 0 Å². The van der Waals surface area contributed by atoms with E-state index in [4.69, 9.17) is 25.5 Å². The first-order valence-electron chi connectivity index (χ1n) is 8.68. The number of esters is 1. The molecule has 28 heavy (non-hydrogen) atoms. The smallest absolute Gasteiger partial charge is 0.344 e. The zero-order chi connectivity index (χ0) is 19.9. The zero-order valence-corrected chi connectivity index (χ0v) is 15.8. The molecule has 8 nitrogen and oxygen atoms in total. The third-order valence-electron chi connectivity index (χ3n) is 4.19. The number of furan rings is 1. The number of para-hydroxylation sites is 1. The van der Waals surface area contributed by atoms with Gasteiger partial charge in [0.1, 0.15) is 5.75 Å². The zero-order valence-electron chi connectivity index (χ0n) is 15.0. The molecule has 0 unspecified atom stereocenters. The highest BCUT2D eigenvalue weighted by atomic mass is 35.5. The quantitative estimate of drug-likeness (QED) is 0.680. The second-order valence-electron chi connectivity index (χ2n) is 6.03. The number of hydrogen-bond acceptors (Lipinski definition) is 6. The molecule has 0 atom stereocenters. The third kappa shape index (κ3) is 5.04. The summed E-state index contributed by atoms with van der Waals surface area (Å²) >= 11 is 5.93. The van der Waals surface area contributed by atoms with Crippen LogP contribution in [0.1, 0.15) is 10.6 Å². The Kier molecular flexibility index (Phi) is 6.54. The van der Waals surface area contributed by atoms with Gasteiger partial charge in [-0.05, 0) is 24.3 Å². The number of nitrogens with zero attached hydrogens (tertiary/aromatic N) is 2. The summed E-state index contributed by atoms with van der Waals surface area (Å²) in [7, 11) is 0. The van der Waals surface area contributed by atoms with Gasteiger partial charge in [-0.2, -0.15) is 0 Å². The van der Waals surface area contributed by atoms with E-state index < -0.39 is 5.97 Å². The summed E-state index contributed by atoms with van der Waals surface area (Å²) in [5.41, 5.74) is 0. The highest BCUT2D eigenvalue weighted by molar-refractivity contribution is 6.32. The number of rotatable bonds is 6. The van der Waals surface area contributed by atoms with Crippen LogP contribution in [0.4, 0.5) is 0 Å². The second kappa shape index (κ2) is 9.27. The molecule has 0 aliphatic carbocycles. The molecule has 9 heteroatoms. The van der Waals surface area contributed by atoms with Crippen LogP contribution in [-0.4, -0.2) is 67.0 Å². The Morgan fingerprint density at radius 1 is 0.964 bits per heavy atom. The number of hydrogen-bond donors (Lipinski definition) is 0. The number of benzene rings is 1. The largest absolute Gasteiger partial charge is 0.480 e. The van der Waals surface area contributed by atoms with Gasteiger partial charge in [0.15, 0.2) is 19.0 Å². The molecule has 2 heterocycles. The first-order valence-corrected chi connectivity index (χ1v) is 9.06. The topological polar surface area (TPSA) is 89.3 Å². The van der Waals surface area contributed by atoms with Gasteiger partial charge in [0.05, 0.1) is 11.3 Å². The van der Waals surface area contributed by atoms with Gasteiger partial charge in [-0.1, -0.05) is 23.7 Å². The van der Waals surface area contributed by atoms with Crippen molar-refractivity contribution in [1.82, 2.24) is 9.80 Å². The molecule has 1 aliphatic rings. The van der Waals surface area contributed by atoms with Gasteiger partial charge >= 0.3 is 5.97 Å². The monoisotopic (exact) mass is 406 g/mol. The van der Waals surface area contributed by atoms with Crippen LogP contribution in [0, 0.1) is 0 Å². The number of piperazine rings is 1. The Labute approximate surface area is 166 Å². The van der Waals surface area contributed by atoms with Crippen molar-refractivity contribution in [2.75, 3.05) is 39.4 Å². The normalized spacial score (nSPS) is 13.9. The van der Waals surface area contributed by atoms with Crippen molar-refractivity contribution in [3.05, 3.63) is 53.4 Å². The lowest BCUT2D eigenvalue weighted by Crippen LogP contribution is -2.51. The van der Waals surface area contributed by atoms with Crippen molar-refractivity contribution < 1.29 is 28.3 Å². The summed E-state index contributed by atoms with van der Waals surface area (Å²) in [5.74, 6) is -0.562. The Morgan fingerprint density at radius 2 is 1.68 bits per heavy atom. The molecule has 1 aromatic carbocycles. The molecule has 0 bridgehead atoms. The standard InChI is InChI=1S/C19H19ClN2O6/c20-14-4-1-2-5-15(14)27-13-18(24)28-12-17(23)21-7-9-22(10-8-21)19(25)16-6-3-11-26-16/h1-6,11H,7-10,12-13H2. The molecule has 0 spiro atoms. The highest BCUT2D eigenvalue weighted by Gasteiger charge is 2.26. The van der Waals surface area contributed by atoms with E-state index in [0.717, 1.165) is 0 Å². The fourth-order valence-electron chi connectivity index (χ4n) is 2.69. The fourth-order valence-corrected chi connectivity index (χ4v) is 2.88. The van der Waals surface area contributed by atoms with E-state index in [2.05, 4.69) is 0 Å². The molecule has 3 rings (SSSR count). The van der Waals surface area contributed by atoms with Gasteiger partial charge in [0.25, 0.3) is 11.8 Å². The summed E-state index contributed by atoms with van der Waals surface area (Å²) in [4.78, 5) is 39.3. The van der Waals surface area contributed by atoms with Crippen LogP contribution < -0.4 is 4.74 Å². The molecule has 0 radical (unpaired) electrons. The van der Waals surface area contributed by atoms with Gasteiger partial charge in [0, 0.05) is 26.2 Å². The van der Waals surface area contributed by atoms with Gasteiger partial charge in [-0.15, -0.1) is 0 Å². The van der Waals surface area contributed by atoms with Crippen LogP contribution in [0.15, 0.2) is 47.1 Å². The molecule has 0 saturated carbocycles. The van der Waals surface area contributed by atoms with Crippen LogP contribution in [0.2, 0.25) is 5.02 Å². The third-order valence-corrected chi connectivity index (χ3v) is 4.50. The molecule has 2 amide bonds. The summed E-state index contributed by atoms with van der Waals surface area (Å²) in [6.07, 6.45) is 1.44. The number of carbonyl (C=O) groups is 3. The van der Waals surface area contributed by atoms with E-state index in [1.54, 1.807) is 46.2 Å². The lowest BCUT2D eigenvalue weighted by molar-refractivity contribution is -0.154. The van der Waals surface area contributed by atoms with Crippen LogP contribution in [0.5, 0.6) is 5.75 Å². The molecule has 148 valence electrons. The van der Waals surface area contributed by atoms with Crippen LogP contribution >= 0.6 is 11.6 Å². The average Bonchev–Trinajstić information content (AvgIpc) is 3.26. The highest BCUT2D eigenvalue weighted by Crippen LogP contribution is 2.22. The Morgan fingerprint density at radius 3 is 2.36 bits per heavy atom. The molecule has 1 saturated heterocycles. The van der Waals surface area contributed by atoms with E-state index in [0.29, 0.717) is 37.0 Å². The minimum absolute atomic E-state index is 0.208. The predicted molar refractivity (Wildman–Crippen MR) is 99.1 cm³/mol. The second-order valence-corrected chi connectivity index (χ2v) is 6.44. The molecule has 1 aliphatic heterocycles. The minimum atomic E-state index is -0.667. The van der Waals surface area contributed by atoms with Crippen LogP contribution in [0.3, 0.4) is 0 Å². The summed E-state index contributed by atoms with van der Waals surface area (Å²) < 4.78 is 15.3. The summed E-state index contributed by atoms with van der Waals surface area (Å²) in [5, 5.41) is 0.383. The van der Waals surface area contributed by atoms with Crippen LogP contribution in [-0.2, 0) is 14.3 Å². The summed E-state index contributed by atoms with van der Waals surface area (Å²) in [6.45, 7) is 0.765. The lowest BCUT2D eigenvalue weighted by Gasteiger charge is -2.34. The SMILES string of the molecule is O=C(COc1ccccc1Cl)OCC(=O)N1CCN(C(=O)c2ccco2)CC1. The number of ether oxygens (including phenoxy) is 2. The Hall–Kier alpha value is -3.00. The summed E-state index contributed by atoms with van der Waals surface area (Å²) in [6, 6.07) is 9.99. The number of carbonyl (C=O) groups excluding carboxylic acids is 3. The maximum absolute atomic E-state index is 12.2. The number of amides is 2. The maximum Gasteiger partial charge on any atom is 0.344 e. The van der Waals surface area contributed by atoms with E-state index in [1.165, 1.54) is 6.26 Å².